The van der Waals surface area contributed by atoms with Crippen molar-refractivity contribution in [3.63, 3.8) is 0 Å². The van der Waals surface area contributed by atoms with Crippen LogP contribution in [-0.4, -0.2) is 45.8 Å². The first-order valence-electron chi connectivity index (χ1n) is 10.0. The highest BCUT2D eigenvalue weighted by Gasteiger charge is 2.31. The van der Waals surface area contributed by atoms with Crippen LogP contribution in [0.1, 0.15) is 29.8 Å². The number of aromatic amines is 1. The molecule has 1 aliphatic rings. The molecule has 8 nitrogen and oxygen atoms in total. The second-order valence-corrected chi connectivity index (χ2v) is 8.98. The number of nitrogens with one attached hydrogen (secondary N) is 2. The van der Waals surface area contributed by atoms with Crippen molar-refractivity contribution in [1.29, 1.82) is 0 Å². The Bertz CT molecular complexity index is 1280. The molecule has 0 aliphatic carbocycles. The lowest BCUT2D eigenvalue weighted by molar-refractivity contribution is 0.0966. The number of benzene rings is 2. The minimum Gasteiger partial charge on any atom is -0.493 e. The molecule has 0 saturated heterocycles. The predicted molar refractivity (Wildman–Crippen MR) is 120 cm³/mol. The SMILES string of the molecule is CCN(CC)c1ccc2[nH]c(-c3cc(OC)c(OS(C)(=O)=O)c4c3C(=O)NC4)cc2c1. The van der Waals surface area contributed by atoms with E-state index in [-0.39, 0.29) is 24.0 Å². The molecule has 164 valence electrons. The van der Waals surface area contributed by atoms with Gasteiger partial charge in [0.05, 0.1) is 18.9 Å². The third-order valence-electron chi connectivity index (χ3n) is 5.47. The summed E-state index contributed by atoms with van der Waals surface area (Å²) in [6.07, 6.45) is 0.960. The lowest BCUT2D eigenvalue weighted by Crippen LogP contribution is -2.21. The Hall–Kier alpha value is -3.20. The maximum absolute atomic E-state index is 12.6. The summed E-state index contributed by atoms with van der Waals surface area (Å²) < 4.78 is 34.1. The summed E-state index contributed by atoms with van der Waals surface area (Å²) in [6, 6.07) is 9.82. The van der Waals surface area contributed by atoms with Crippen molar-refractivity contribution < 1.29 is 22.1 Å². The summed E-state index contributed by atoms with van der Waals surface area (Å²) in [5, 5.41) is 3.77. The average Bonchev–Trinajstić information content (AvgIpc) is 3.32. The first-order valence-corrected chi connectivity index (χ1v) is 11.9. The van der Waals surface area contributed by atoms with Crippen LogP contribution in [-0.2, 0) is 16.7 Å². The van der Waals surface area contributed by atoms with Gasteiger partial charge < -0.3 is 24.1 Å². The fraction of sp³-hybridized carbons (Fsp3) is 0.318. The number of methoxy groups -OCH3 is 1. The molecule has 0 saturated carbocycles. The number of carbonyl (C=O) groups excluding carboxylic acids is 1. The van der Waals surface area contributed by atoms with Crippen LogP contribution in [0.3, 0.4) is 0 Å². The van der Waals surface area contributed by atoms with Crippen molar-refractivity contribution in [2.24, 2.45) is 0 Å². The van der Waals surface area contributed by atoms with Crippen LogP contribution in [0.25, 0.3) is 22.2 Å². The molecule has 0 bridgehead atoms. The lowest BCUT2D eigenvalue weighted by atomic mass is 9.98. The van der Waals surface area contributed by atoms with Crippen LogP contribution < -0.4 is 19.1 Å². The fourth-order valence-electron chi connectivity index (χ4n) is 4.04. The van der Waals surface area contributed by atoms with Gasteiger partial charge in [-0.2, -0.15) is 8.42 Å². The number of ether oxygens (including phenoxy) is 1. The number of hydrogen-bond acceptors (Lipinski definition) is 6. The third-order valence-corrected chi connectivity index (χ3v) is 5.94. The van der Waals surface area contributed by atoms with E-state index < -0.39 is 10.1 Å². The van der Waals surface area contributed by atoms with Crippen molar-refractivity contribution in [1.82, 2.24) is 10.3 Å². The summed E-state index contributed by atoms with van der Waals surface area (Å²) in [5.41, 5.74) is 4.28. The molecular formula is C22H25N3O5S. The quantitative estimate of drug-likeness (QED) is 0.544. The van der Waals surface area contributed by atoms with Gasteiger partial charge in [0.1, 0.15) is 0 Å². The Kier molecular flexibility index (Phi) is 5.30. The maximum Gasteiger partial charge on any atom is 0.306 e. The van der Waals surface area contributed by atoms with Gasteiger partial charge in [0.25, 0.3) is 5.91 Å². The van der Waals surface area contributed by atoms with Gasteiger partial charge in [-0.05, 0) is 44.2 Å². The number of aromatic nitrogens is 1. The van der Waals surface area contributed by atoms with E-state index in [0.29, 0.717) is 16.7 Å². The van der Waals surface area contributed by atoms with Crippen molar-refractivity contribution in [3.05, 3.63) is 41.5 Å². The smallest absolute Gasteiger partial charge is 0.306 e. The number of fused-ring (bicyclic) bond motifs is 2. The van der Waals surface area contributed by atoms with Gasteiger partial charge in [0.15, 0.2) is 11.5 Å². The number of H-pyrrole nitrogens is 1. The van der Waals surface area contributed by atoms with Crippen molar-refractivity contribution in [2.45, 2.75) is 20.4 Å². The number of carbonyl (C=O) groups is 1. The van der Waals surface area contributed by atoms with Crippen molar-refractivity contribution in [2.75, 3.05) is 31.4 Å². The highest BCUT2D eigenvalue weighted by Crippen LogP contribution is 2.43. The molecule has 2 N–H and O–H groups in total. The van der Waals surface area contributed by atoms with Crippen LogP contribution in [0, 0.1) is 0 Å². The minimum atomic E-state index is -3.80. The van der Waals surface area contributed by atoms with Gasteiger partial charge in [-0.25, -0.2) is 0 Å². The van der Waals surface area contributed by atoms with Gasteiger partial charge in [0.2, 0.25) is 0 Å². The molecule has 0 spiro atoms. The topological polar surface area (TPSA) is 101 Å². The molecular weight excluding hydrogens is 418 g/mol. The monoisotopic (exact) mass is 443 g/mol. The van der Waals surface area contributed by atoms with E-state index in [0.717, 1.165) is 41.6 Å². The zero-order valence-electron chi connectivity index (χ0n) is 17.9. The normalized spacial score (nSPS) is 13.2. The minimum absolute atomic E-state index is 0.0435. The average molecular weight is 444 g/mol. The molecule has 1 amide bonds. The van der Waals surface area contributed by atoms with E-state index in [1.54, 1.807) is 6.07 Å². The second-order valence-electron chi connectivity index (χ2n) is 7.41. The largest absolute Gasteiger partial charge is 0.493 e. The van der Waals surface area contributed by atoms with E-state index in [4.69, 9.17) is 8.92 Å². The van der Waals surface area contributed by atoms with E-state index in [1.165, 1.54) is 7.11 Å². The van der Waals surface area contributed by atoms with Crippen LogP contribution in [0.5, 0.6) is 11.5 Å². The maximum atomic E-state index is 12.6. The van der Waals surface area contributed by atoms with Gasteiger partial charge >= 0.3 is 10.1 Å². The van der Waals surface area contributed by atoms with Gasteiger partial charge in [-0.3, -0.25) is 4.79 Å². The van der Waals surface area contributed by atoms with Crippen LogP contribution in [0.15, 0.2) is 30.3 Å². The molecule has 0 atom stereocenters. The molecule has 9 heteroatoms. The van der Waals surface area contributed by atoms with Crippen molar-refractivity contribution >= 4 is 32.6 Å². The van der Waals surface area contributed by atoms with Gasteiger partial charge in [-0.1, -0.05) is 0 Å². The standard InChI is InChI=1S/C22H25N3O5S/c1-5-25(6-2)14-7-8-17-13(9-14)10-18(24-17)15-11-19(29-3)21(30-31(4,27)28)16-12-23-22(26)20(15)16/h7-11,24H,5-6,12H2,1-4H3,(H,23,26). The first kappa shape index (κ1) is 21.0. The van der Waals surface area contributed by atoms with Crippen LogP contribution in [0.2, 0.25) is 0 Å². The summed E-state index contributed by atoms with van der Waals surface area (Å²) in [7, 11) is -2.36. The second kappa shape index (κ2) is 7.81. The van der Waals surface area contributed by atoms with E-state index in [1.807, 2.05) is 12.1 Å². The molecule has 2 heterocycles. The number of amides is 1. The summed E-state index contributed by atoms with van der Waals surface area (Å²) >= 11 is 0. The Morgan fingerprint density at radius 3 is 2.52 bits per heavy atom. The molecule has 31 heavy (non-hydrogen) atoms. The lowest BCUT2D eigenvalue weighted by Gasteiger charge is -2.20. The molecule has 3 aromatic rings. The highest BCUT2D eigenvalue weighted by atomic mass is 32.2. The highest BCUT2D eigenvalue weighted by molar-refractivity contribution is 7.86. The van der Waals surface area contributed by atoms with E-state index in [9.17, 15) is 13.2 Å². The van der Waals surface area contributed by atoms with Crippen LogP contribution in [0.4, 0.5) is 5.69 Å². The summed E-state index contributed by atoms with van der Waals surface area (Å²) in [5.74, 6) is 0.00804. The molecule has 1 aliphatic heterocycles. The molecule has 0 fully saturated rings. The van der Waals surface area contributed by atoms with Gasteiger partial charge in [0, 0.05) is 53.0 Å². The Morgan fingerprint density at radius 2 is 1.87 bits per heavy atom. The molecule has 1 aromatic heterocycles. The zero-order valence-corrected chi connectivity index (χ0v) is 18.7. The zero-order chi connectivity index (χ0) is 22.3. The number of anilines is 1. The predicted octanol–water partition coefficient (Wildman–Crippen LogP) is 3.27. The molecule has 0 unspecified atom stereocenters. The van der Waals surface area contributed by atoms with E-state index >= 15 is 0 Å². The molecule has 0 radical (unpaired) electrons. The number of nitrogens with zero attached hydrogens (tertiary/aromatic N) is 1. The number of hydrogen-bond donors (Lipinski definition) is 2. The third kappa shape index (κ3) is 3.81. The van der Waals surface area contributed by atoms with E-state index in [2.05, 4.69) is 41.2 Å². The van der Waals surface area contributed by atoms with Crippen molar-refractivity contribution in [3.8, 4) is 22.8 Å². The molecule has 4 rings (SSSR count). The Morgan fingerprint density at radius 1 is 1.13 bits per heavy atom. The first-order chi connectivity index (χ1) is 14.8. The summed E-state index contributed by atoms with van der Waals surface area (Å²) in [4.78, 5) is 18.3. The van der Waals surface area contributed by atoms with Gasteiger partial charge in [-0.15, -0.1) is 0 Å². The fourth-order valence-corrected chi connectivity index (χ4v) is 4.52. The Balaban J connectivity index is 1.89. The van der Waals surface area contributed by atoms with Crippen LogP contribution >= 0.6 is 0 Å². The molecule has 2 aromatic carbocycles. The number of rotatable bonds is 7. The summed E-state index contributed by atoms with van der Waals surface area (Å²) in [6.45, 7) is 6.21. The Labute approximate surface area is 181 Å².